The lowest BCUT2D eigenvalue weighted by Crippen LogP contribution is -2.19. The molecule has 0 radical (unpaired) electrons. The molecular weight excluding hydrogens is 262 g/mol. The van der Waals surface area contributed by atoms with Crippen molar-refractivity contribution < 1.29 is 4.74 Å². The van der Waals surface area contributed by atoms with Gasteiger partial charge in [-0.3, -0.25) is 0 Å². The highest BCUT2D eigenvalue weighted by Gasteiger charge is 2.09. The first-order chi connectivity index (χ1) is 9.19. The molecule has 0 amide bonds. The molecule has 0 aliphatic carbocycles. The molecule has 1 unspecified atom stereocenters. The van der Waals surface area contributed by atoms with Crippen LogP contribution in [-0.2, 0) is 0 Å². The summed E-state index contributed by atoms with van der Waals surface area (Å²) in [6.07, 6.45) is 4.18. The fourth-order valence-corrected chi connectivity index (χ4v) is 2.00. The van der Waals surface area contributed by atoms with Gasteiger partial charge in [0, 0.05) is 12.6 Å². The number of methoxy groups -OCH3 is 1. The third kappa shape index (κ3) is 5.96. The fourth-order valence-electron chi connectivity index (χ4n) is 1.42. The number of hydrogen-bond donors (Lipinski definition) is 2. The summed E-state index contributed by atoms with van der Waals surface area (Å²) in [5.41, 5.74) is 0. The van der Waals surface area contributed by atoms with Crippen molar-refractivity contribution in [3.05, 3.63) is 0 Å². The van der Waals surface area contributed by atoms with Gasteiger partial charge in [-0.15, -0.1) is 0 Å². The molecule has 0 aliphatic rings. The molecule has 2 N–H and O–H groups in total. The summed E-state index contributed by atoms with van der Waals surface area (Å²) in [5, 5.41) is 6.41. The molecule has 108 valence electrons. The molecule has 0 saturated carbocycles. The molecule has 6 nitrogen and oxygen atoms in total. The van der Waals surface area contributed by atoms with E-state index in [1.165, 1.54) is 0 Å². The number of aromatic nitrogens is 3. The van der Waals surface area contributed by atoms with Crippen molar-refractivity contribution in [2.45, 2.75) is 32.7 Å². The predicted molar refractivity (Wildman–Crippen MR) is 81.2 cm³/mol. The summed E-state index contributed by atoms with van der Waals surface area (Å²) in [7, 11) is 1.56. The van der Waals surface area contributed by atoms with Crippen LogP contribution in [0.5, 0.6) is 6.01 Å². The van der Waals surface area contributed by atoms with Crippen LogP contribution in [0.15, 0.2) is 0 Å². The van der Waals surface area contributed by atoms with Crippen molar-refractivity contribution >= 4 is 23.7 Å². The standard InChI is InChI=1S/C12H23N5OS/c1-5-7-13-10-15-11(17-12(16-10)18-3)14-9(2)6-8-19-4/h9H,5-8H2,1-4H3,(H2,13,14,15,16,17). The minimum atomic E-state index is 0.318. The lowest BCUT2D eigenvalue weighted by Gasteiger charge is -2.14. The monoisotopic (exact) mass is 285 g/mol. The van der Waals surface area contributed by atoms with E-state index in [4.69, 9.17) is 4.74 Å². The van der Waals surface area contributed by atoms with Crippen molar-refractivity contribution in [1.82, 2.24) is 15.0 Å². The van der Waals surface area contributed by atoms with Crippen LogP contribution >= 0.6 is 11.8 Å². The zero-order valence-electron chi connectivity index (χ0n) is 12.1. The van der Waals surface area contributed by atoms with E-state index in [1.807, 2.05) is 11.8 Å². The number of anilines is 2. The van der Waals surface area contributed by atoms with Gasteiger partial charge in [-0.25, -0.2) is 0 Å². The SMILES string of the molecule is CCCNc1nc(NC(C)CCSC)nc(OC)n1. The molecule has 1 aromatic rings. The molecule has 1 aromatic heterocycles. The van der Waals surface area contributed by atoms with Crippen LogP contribution in [-0.4, -0.2) is 46.7 Å². The van der Waals surface area contributed by atoms with Crippen LogP contribution < -0.4 is 15.4 Å². The molecule has 1 atom stereocenters. The van der Waals surface area contributed by atoms with Crippen molar-refractivity contribution in [2.24, 2.45) is 0 Å². The van der Waals surface area contributed by atoms with Gasteiger partial charge in [-0.1, -0.05) is 6.92 Å². The second kappa shape index (κ2) is 8.79. The van der Waals surface area contributed by atoms with E-state index in [1.54, 1.807) is 7.11 Å². The van der Waals surface area contributed by atoms with Crippen LogP contribution in [0.3, 0.4) is 0 Å². The molecule has 0 bridgehead atoms. The second-order valence-corrected chi connectivity index (χ2v) is 5.21. The summed E-state index contributed by atoms with van der Waals surface area (Å²) in [6, 6.07) is 0.645. The molecule has 0 fully saturated rings. The molecule has 19 heavy (non-hydrogen) atoms. The third-order valence-electron chi connectivity index (χ3n) is 2.46. The summed E-state index contributed by atoms with van der Waals surface area (Å²) >= 11 is 1.83. The Balaban J connectivity index is 2.69. The van der Waals surface area contributed by atoms with Gasteiger partial charge < -0.3 is 15.4 Å². The second-order valence-electron chi connectivity index (χ2n) is 4.22. The van der Waals surface area contributed by atoms with Crippen LogP contribution in [0.4, 0.5) is 11.9 Å². The van der Waals surface area contributed by atoms with E-state index >= 15 is 0 Å². The van der Waals surface area contributed by atoms with E-state index in [0.717, 1.165) is 25.1 Å². The molecule has 1 rings (SSSR count). The van der Waals surface area contributed by atoms with Crippen molar-refractivity contribution in [2.75, 3.05) is 36.3 Å². The fraction of sp³-hybridized carbons (Fsp3) is 0.750. The first-order valence-corrected chi connectivity index (χ1v) is 7.88. The number of nitrogens with zero attached hydrogens (tertiary/aromatic N) is 3. The molecule has 7 heteroatoms. The lowest BCUT2D eigenvalue weighted by molar-refractivity contribution is 0.379. The van der Waals surface area contributed by atoms with Gasteiger partial charge in [0.2, 0.25) is 11.9 Å². The number of ether oxygens (including phenoxy) is 1. The maximum absolute atomic E-state index is 5.09. The Bertz CT molecular complexity index is 377. The van der Waals surface area contributed by atoms with E-state index < -0.39 is 0 Å². The topological polar surface area (TPSA) is 72.0 Å². The molecule has 0 aliphatic heterocycles. The highest BCUT2D eigenvalue weighted by molar-refractivity contribution is 7.98. The Morgan fingerprint density at radius 1 is 1.26 bits per heavy atom. The highest BCUT2D eigenvalue weighted by atomic mass is 32.2. The van der Waals surface area contributed by atoms with Crippen LogP contribution in [0.2, 0.25) is 0 Å². The van der Waals surface area contributed by atoms with Gasteiger partial charge in [-0.2, -0.15) is 26.7 Å². The van der Waals surface area contributed by atoms with Gasteiger partial charge in [0.15, 0.2) is 0 Å². The summed E-state index contributed by atoms with van der Waals surface area (Å²) in [6.45, 7) is 5.04. The Kier molecular flexibility index (Phi) is 7.32. The first-order valence-electron chi connectivity index (χ1n) is 6.49. The molecule has 0 aromatic carbocycles. The van der Waals surface area contributed by atoms with Crippen molar-refractivity contribution in [1.29, 1.82) is 0 Å². The molecule has 0 spiro atoms. The van der Waals surface area contributed by atoms with Crippen LogP contribution in [0.25, 0.3) is 0 Å². The normalized spacial score (nSPS) is 12.0. The van der Waals surface area contributed by atoms with Gasteiger partial charge in [0.1, 0.15) is 0 Å². The minimum Gasteiger partial charge on any atom is -0.467 e. The summed E-state index contributed by atoms with van der Waals surface area (Å²) < 4.78 is 5.09. The van der Waals surface area contributed by atoms with Crippen LogP contribution in [0.1, 0.15) is 26.7 Å². The lowest BCUT2D eigenvalue weighted by atomic mass is 10.3. The molecule has 0 saturated heterocycles. The summed E-state index contributed by atoms with van der Waals surface area (Å²) in [5.74, 6) is 2.21. The van der Waals surface area contributed by atoms with E-state index in [9.17, 15) is 0 Å². The molecule has 1 heterocycles. The van der Waals surface area contributed by atoms with Crippen molar-refractivity contribution in [3.8, 4) is 6.01 Å². The minimum absolute atomic E-state index is 0.318. The Labute approximate surface area is 119 Å². The highest BCUT2D eigenvalue weighted by Crippen LogP contribution is 2.13. The number of nitrogens with one attached hydrogen (secondary N) is 2. The quantitative estimate of drug-likeness (QED) is 0.721. The zero-order valence-corrected chi connectivity index (χ0v) is 12.9. The van der Waals surface area contributed by atoms with Gasteiger partial charge in [-0.05, 0) is 31.8 Å². The largest absolute Gasteiger partial charge is 0.467 e. The predicted octanol–water partition coefficient (Wildman–Crippen LogP) is 2.26. The maximum Gasteiger partial charge on any atom is 0.322 e. The molecular formula is C12H23N5OS. The van der Waals surface area contributed by atoms with Crippen LogP contribution in [0, 0.1) is 0 Å². The van der Waals surface area contributed by atoms with Gasteiger partial charge >= 0.3 is 6.01 Å². The number of rotatable bonds is 9. The summed E-state index contributed by atoms with van der Waals surface area (Å²) in [4.78, 5) is 12.7. The average Bonchev–Trinajstić information content (AvgIpc) is 2.42. The maximum atomic E-state index is 5.09. The first kappa shape index (κ1) is 15.8. The number of thioether (sulfide) groups is 1. The Morgan fingerprint density at radius 2 is 2.00 bits per heavy atom. The third-order valence-corrected chi connectivity index (χ3v) is 3.11. The van der Waals surface area contributed by atoms with Gasteiger partial charge in [0.05, 0.1) is 7.11 Å². The van der Waals surface area contributed by atoms with E-state index in [2.05, 4.69) is 45.7 Å². The van der Waals surface area contributed by atoms with Crippen molar-refractivity contribution in [3.63, 3.8) is 0 Å². The smallest absolute Gasteiger partial charge is 0.322 e. The Morgan fingerprint density at radius 3 is 2.63 bits per heavy atom. The van der Waals surface area contributed by atoms with Gasteiger partial charge in [0.25, 0.3) is 0 Å². The zero-order chi connectivity index (χ0) is 14.1. The van der Waals surface area contributed by atoms with E-state index in [0.29, 0.717) is 23.9 Å². The number of hydrogen-bond acceptors (Lipinski definition) is 7. The Hall–Kier alpha value is -1.24. The van der Waals surface area contributed by atoms with E-state index in [-0.39, 0.29) is 0 Å². The average molecular weight is 285 g/mol.